The fraction of sp³-hybridized carbons (Fsp3) is 0.500. The molecule has 0 bridgehead atoms. The number of hydrazine groups is 1. The first-order chi connectivity index (χ1) is 10.9. The van der Waals surface area contributed by atoms with Gasteiger partial charge < -0.3 is 9.84 Å². The number of hydrogen-bond acceptors (Lipinski definition) is 7. The molecule has 0 amide bonds. The molecule has 124 valence electrons. The van der Waals surface area contributed by atoms with Crippen molar-refractivity contribution in [1.29, 1.82) is 0 Å². The lowest BCUT2D eigenvalue weighted by Gasteiger charge is -2.29. The largest absolute Gasteiger partial charge is 0.481 e. The van der Waals surface area contributed by atoms with E-state index in [1.165, 1.54) is 11.3 Å². The van der Waals surface area contributed by atoms with Gasteiger partial charge in [-0.25, -0.2) is 10.4 Å². The van der Waals surface area contributed by atoms with E-state index in [9.17, 15) is 9.59 Å². The van der Waals surface area contributed by atoms with E-state index in [1.807, 2.05) is 13.8 Å². The average Bonchev–Trinajstić information content (AvgIpc) is 2.80. The topological polar surface area (TPSA) is 116 Å². The van der Waals surface area contributed by atoms with E-state index in [0.29, 0.717) is 23.2 Å². The third kappa shape index (κ3) is 3.36. The summed E-state index contributed by atoms with van der Waals surface area (Å²) in [5.74, 6) is -0.628. The zero-order chi connectivity index (χ0) is 16.6. The van der Waals surface area contributed by atoms with Crippen LogP contribution in [0, 0.1) is 0 Å². The highest BCUT2D eigenvalue weighted by Crippen LogP contribution is 2.36. The van der Waals surface area contributed by atoms with Crippen molar-refractivity contribution in [3.8, 4) is 0 Å². The number of ether oxygens (including phenoxy) is 1. The Bertz CT molecular complexity index is 811. The van der Waals surface area contributed by atoms with Gasteiger partial charge in [0.1, 0.15) is 4.83 Å². The van der Waals surface area contributed by atoms with Gasteiger partial charge in [0.25, 0.3) is 5.56 Å². The number of aromatic amines is 1. The molecule has 0 unspecified atom stereocenters. The molecular weight excluding hydrogens is 320 g/mol. The minimum absolute atomic E-state index is 0.0286. The molecule has 0 saturated carbocycles. The van der Waals surface area contributed by atoms with Crippen molar-refractivity contribution in [2.75, 3.05) is 12.0 Å². The molecule has 2 aromatic heterocycles. The van der Waals surface area contributed by atoms with Gasteiger partial charge in [-0.2, -0.15) is 0 Å². The van der Waals surface area contributed by atoms with E-state index in [-0.39, 0.29) is 30.1 Å². The van der Waals surface area contributed by atoms with Crippen LogP contribution < -0.4 is 16.4 Å². The number of carboxylic acids is 1. The van der Waals surface area contributed by atoms with Gasteiger partial charge >= 0.3 is 5.97 Å². The maximum atomic E-state index is 12.4. The lowest BCUT2D eigenvalue weighted by molar-refractivity contribution is -0.136. The Hall–Kier alpha value is -1.97. The molecule has 9 heteroatoms. The van der Waals surface area contributed by atoms with E-state index in [1.54, 1.807) is 0 Å². The predicted octanol–water partition coefficient (Wildman–Crippen LogP) is 1.23. The molecule has 0 saturated heterocycles. The van der Waals surface area contributed by atoms with Crippen molar-refractivity contribution in [2.45, 2.75) is 38.9 Å². The minimum atomic E-state index is -0.898. The molecule has 3 rings (SSSR count). The Morgan fingerprint density at radius 1 is 1.52 bits per heavy atom. The van der Waals surface area contributed by atoms with Gasteiger partial charge in [0.05, 0.1) is 24.0 Å². The van der Waals surface area contributed by atoms with E-state index in [2.05, 4.69) is 20.8 Å². The zero-order valence-corrected chi connectivity index (χ0v) is 13.7. The van der Waals surface area contributed by atoms with Crippen LogP contribution in [-0.4, -0.2) is 33.2 Å². The number of thiophene rings is 1. The first kappa shape index (κ1) is 15.9. The SMILES string of the molecule is CC1(C)Cc2c(sc3nc(NNCCC(=O)O)[nH]c(=O)c23)CO1. The Morgan fingerprint density at radius 2 is 2.30 bits per heavy atom. The first-order valence-corrected chi connectivity index (χ1v) is 8.06. The van der Waals surface area contributed by atoms with Crippen LogP contribution in [0.4, 0.5) is 5.95 Å². The maximum absolute atomic E-state index is 12.4. The zero-order valence-electron chi connectivity index (χ0n) is 12.9. The van der Waals surface area contributed by atoms with Crippen molar-refractivity contribution in [3.05, 3.63) is 20.8 Å². The molecule has 4 N–H and O–H groups in total. The Morgan fingerprint density at radius 3 is 3.04 bits per heavy atom. The molecular formula is C14H18N4O4S. The van der Waals surface area contributed by atoms with Crippen molar-refractivity contribution >= 4 is 33.5 Å². The second-order valence-electron chi connectivity index (χ2n) is 6.02. The summed E-state index contributed by atoms with van der Waals surface area (Å²) in [5.41, 5.74) is 5.97. The number of H-pyrrole nitrogens is 1. The lowest BCUT2D eigenvalue weighted by Crippen LogP contribution is -2.31. The van der Waals surface area contributed by atoms with E-state index < -0.39 is 5.97 Å². The quantitative estimate of drug-likeness (QED) is 0.478. The number of aliphatic carboxylic acids is 1. The molecule has 1 aliphatic rings. The Kier molecular flexibility index (Phi) is 4.09. The molecule has 8 nitrogen and oxygen atoms in total. The summed E-state index contributed by atoms with van der Waals surface area (Å²) in [6, 6.07) is 0. The number of hydrogen-bond donors (Lipinski definition) is 4. The molecule has 1 aliphatic heterocycles. The summed E-state index contributed by atoms with van der Waals surface area (Å²) in [5, 5.41) is 9.20. The van der Waals surface area contributed by atoms with Crippen LogP contribution in [0.1, 0.15) is 30.7 Å². The number of fused-ring (bicyclic) bond motifs is 3. The van der Waals surface area contributed by atoms with Crippen LogP contribution in [0.2, 0.25) is 0 Å². The lowest BCUT2D eigenvalue weighted by atomic mass is 9.94. The van der Waals surface area contributed by atoms with Crippen LogP contribution in [0.15, 0.2) is 4.79 Å². The molecule has 3 heterocycles. The average molecular weight is 338 g/mol. The minimum Gasteiger partial charge on any atom is -0.481 e. The number of aromatic nitrogens is 2. The van der Waals surface area contributed by atoms with Crippen LogP contribution in [0.3, 0.4) is 0 Å². The highest BCUT2D eigenvalue weighted by atomic mass is 32.1. The third-order valence-electron chi connectivity index (χ3n) is 3.61. The number of anilines is 1. The standard InChI is InChI=1S/C14H18N4O4S/c1-14(2)5-7-8(6-22-14)23-12-10(7)11(21)16-13(17-12)18-15-4-3-9(19)20/h15H,3-6H2,1-2H3,(H,19,20)(H2,16,17,18,21). The molecule has 0 radical (unpaired) electrons. The number of carbonyl (C=O) groups is 1. The van der Waals surface area contributed by atoms with Gasteiger partial charge in [0.2, 0.25) is 5.95 Å². The normalized spacial score (nSPS) is 16.3. The van der Waals surface area contributed by atoms with Gasteiger partial charge in [0, 0.05) is 17.8 Å². The number of nitrogens with one attached hydrogen (secondary N) is 3. The monoisotopic (exact) mass is 338 g/mol. The summed E-state index contributed by atoms with van der Waals surface area (Å²) in [7, 11) is 0. The third-order valence-corrected chi connectivity index (χ3v) is 4.71. The number of rotatable bonds is 5. The van der Waals surface area contributed by atoms with Crippen molar-refractivity contribution < 1.29 is 14.6 Å². The number of carboxylic acid groups (broad SMARTS) is 1. The Labute approximate surface area is 135 Å². The molecule has 0 aromatic carbocycles. The molecule has 0 atom stereocenters. The van der Waals surface area contributed by atoms with Crippen LogP contribution in [0.25, 0.3) is 10.2 Å². The predicted molar refractivity (Wildman–Crippen MR) is 86.7 cm³/mol. The molecule has 2 aromatic rings. The maximum Gasteiger partial charge on any atom is 0.304 e. The van der Waals surface area contributed by atoms with Crippen LogP contribution in [-0.2, 0) is 22.6 Å². The molecule has 0 spiro atoms. The second-order valence-corrected chi connectivity index (χ2v) is 7.10. The van der Waals surface area contributed by atoms with Gasteiger partial charge in [0.15, 0.2) is 0 Å². The highest BCUT2D eigenvalue weighted by molar-refractivity contribution is 7.18. The van der Waals surface area contributed by atoms with Crippen molar-refractivity contribution in [1.82, 2.24) is 15.4 Å². The van der Waals surface area contributed by atoms with Gasteiger partial charge in [-0.3, -0.25) is 20.0 Å². The fourth-order valence-electron chi connectivity index (χ4n) is 2.53. The van der Waals surface area contributed by atoms with Gasteiger partial charge in [-0.05, 0) is 19.4 Å². The van der Waals surface area contributed by atoms with Gasteiger partial charge in [-0.1, -0.05) is 0 Å². The van der Waals surface area contributed by atoms with Crippen molar-refractivity contribution in [2.24, 2.45) is 0 Å². The van der Waals surface area contributed by atoms with Crippen LogP contribution >= 0.6 is 11.3 Å². The van der Waals surface area contributed by atoms with E-state index >= 15 is 0 Å². The smallest absolute Gasteiger partial charge is 0.304 e. The molecule has 0 fully saturated rings. The summed E-state index contributed by atoms with van der Waals surface area (Å²) >= 11 is 1.45. The highest BCUT2D eigenvalue weighted by Gasteiger charge is 2.30. The molecule has 0 aliphatic carbocycles. The molecule has 23 heavy (non-hydrogen) atoms. The summed E-state index contributed by atoms with van der Waals surface area (Å²) in [4.78, 5) is 31.6. The Balaban J connectivity index is 1.86. The number of nitrogens with zero attached hydrogens (tertiary/aromatic N) is 1. The van der Waals surface area contributed by atoms with Gasteiger partial charge in [-0.15, -0.1) is 11.3 Å². The summed E-state index contributed by atoms with van der Waals surface area (Å²) < 4.78 is 5.78. The van der Waals surface area contributed by atoms with E-state index in [4.69, 9.17) is 9.84 Å². The first-order valence-electron chi connectivity index (χ1n) is 7.25. The second kappa shape index (κ2) is 5.91. The van der Waals surface area contributed by atoms with Crippen LogP contribution in [0.5, 0.6) is 0 Å². The summed E-state index contributed by atoms with van der Waals surface area (Å²) in [6.45, 7) is 4.72. The fourth-order valence-corrected chi connectivity index (χ4v) is 3.63. The summed E-state index contributed by atoms with van der Waals surface area (Å²) in [6.07, 6.45) is 0.649. The van der Waals surface area contributed by atoms with E-state index in [0.717, 1.165) is 10.4 Å². The van der Waals surface area contributed by atoms with Crippen molar-refractivity contribution in [3.63, 3.8) is 0 Å².